The van der Waals surface area contributed by atoms with Crippen LogP contribution in [0.4, 0.5) is 0 Å². The number of amides is 1. The molecule has 0 radical (unpaired) electrons. The van der Waals surface area contributed by atoms with Crippen molar-refractivity contribution >= 4 is 16.8 Å². The van der Waals surface area contributed by atoms with Crippen molar-refractivity contribution in [2.75, 3.05) is 26.2 Å². The number of likely N-dealkylation sites (tertiary alicyclic amines) is 1. The lowest BCUT2D eigenvalue weighted by Crippen LogP contribution is -2.43. The first-order chi connectivity index (χ1) is 12.9. The molecule has 2 heterocycles. The second kappa shape index (κ2) is 8.65. The Morgan fingerprint density at radius 1 is 1.22 bits per heavy atom. The molecule has 1 N–H and O–H groups in total. The van der Waals surface area contributed by atoms with E-state index in [0.717, 1.165) is 42.6 Å². The SMILES string of the molecule is Cc1cccc2c(=O)n(CCC(=O)NCCN3CC(C)CC(C)C3)cnc12. The molecule has 1 aliphatic rings. The van der Waals surface area contributed by atoms with Crippen LogP contribution >= 0.6 is 0 Å². The number of aromatic nitrogens is 2. The van der Waals surface area contributed by atoms with E-state index in [1.807, 2.05) is 19.1 Å². The molecule has 2 aromatic rings. The summed E-state index contributed by atoms with van der Waals surface area (Å²) in [5, 5.41) is 3.58. The third kappa shape index (κ3) is 4.95. The van der Waals surface area contributed by atoms with E-state index in [2.05, 4.69) is 29.0 Å². The molecule has 0 aliphatic carbocycles. The van der Waals surface area contributed by atoms with E-state index in [4.69, 9.17) is 0 Å². The van der Waals surface area contributed by atoms with Gasteiger partial charge in [-0.25, -0.2) is 4.98 Å². The van der Waals surface area contributed by atoms with Crippen LogP contribution in [0.2, 0.25) is 0 Å². The molecule has 6 nitrogen and oxygen atoms in total. The highest BCUT2D eigenvalue weighted by atomic mass is 16.1. The van der Waals surface area contributed by atoms with Gasteiger partial charge in [-0.1, -0.05) is 26.0 Å². The maximum Gasteiger partial charge on any atom is 0.261 e. The van der Waals surface area contributed by atoms with Gasteiger partial charge in [0, 0.05) is 39.1 Å². The number of rotatable bonds is 6. The largest absolute Gasteiger partial charge is 0.355 e. The molecule has 2 atom stereocenters. The first kappa shape index (κ1) is 19.5. The van der Waals surface area contributed by atoms with Crippen molar-refractivity contribution in [3.8, 4) is 0 Å². The zero-order chi connectivity index (χ0) is 19.4. The number of nitrogens with one attached hydrogen (secondary N) is 1. The number of hydrogen-bond acceptors (Lipinski definition) is 4. The van der Waals surface area contributed by atoms with Crippen molar-refractivity contribution in [1.29, 1.82) is 0 Å². The summed E-state index contributed by atoms with van der Waals surface area (Å²) < 4.78 is 1.52. The summed E-state index contributed by atoms with van der Waals surface area (Å²) in [5.41, 5.74) is 1.62. The maximum atomic E-state index is 12.6. The van der Waals surface area contributed by atoms with E-state index >= 15 is 0 Å². The van der Waals surface area contributed by atoms with E-state index in [-0.39, 0.29) is 17.9 Å². The van der Waals surface area contributed by atoms with Gasteiger partial charge in [-0.3, -0.25) is 14.2 Å². The molecule has 146 valence electrons. The monoisotopic (exact) mass is 370 g/mol. The fourth-order valence-electron chi connectivity index (χ4n) is 4.14. The Labute approximate surface area is 160 Å². The molecular formula is C21H30N4O2. The minimum atomic E-state index is -0.0900. The van der Waals surface area contributed by atoms with Gasteiger partial charge in [-0.05, 0) is 36.8 Å². The lowest BCUT2D eigenvalue weighted by atomic mass is 9.92. The molecule has 1 amide bonds. The molecule has 0 bridgehead atoms. The van der Waals surface area contributed by atoms with Gasteiger partial charge in [-0.15, -0.1) is 0 Å². The number of fused-ring (bicyclic) bond motifs is 1. The highest BCUT2D eigenvalue weighted by Crippen LogP contribution is 2.20. The van der Waals surface area contributed by atoms with Crippen molar-refractivity contribution in [1.82, 2.24) is 19.8 Å². The zero-order valence-corrected chi connectivity index (χ0v) is 16.6. The zero-order valence-electron chi connectivity index (χ0n) is 16.6. The molecule has 3 rings (SSSR count). The van der Waals surface area contributed by atoms with Gasteiger partial charge in [0.2, 0.25) is 5.91 Å². The summed E-state index contributed by atoms with van der Waals surface area (Å²) in [6, 6.07) is 5.59. The minimum absolute atomic E-state index is 0.0238. The lowest BCUT2D eigenvalue weighted by molar-refractivity contribution is -0.121. The van der Waals surface area contributed by atoms with Crippen LogP contribution in [0.25, 0.3) is 10.9 Å². The molecule has 2 unspecified atom stereocenters. The van der Waals surface area contributed by atoms with Crippen LogP contribution in [0.3, 0.4) is 0 Å². The second-order valence-corrected chi connectivity index (χ2v) is 8.02. The first-order valence-electron chi connectivity index (χ1n) is 9.88. The summed E-state index contributed by atoms with van der Waals surface area (Å²) in [5.74, 6) is 1.42. The van der Waals surface area contributed by atoms with Crippen LogP contribution in [0, 0.1) is 18.8 Å². The Kier molecular flexibility index (Phi) is 6.26. The third-order valence-corrected chi connectivity index (χ3v) is 5.33. The van der Waals surface area contributed by atoms with Crippen LogP contribution in [0.1, 0.15) is 32.3 Å². The normalized spacial score (nSPS) is 20.7. The number of carbonyl (C=O) groups excluding carboxylic acids is 1. The van der Waals surface area contributed by atoms with Crippen molar-refractivity contribution in [2.24, 2.45) is 11.8 Å². The number of benzene rings is 1. The van der Waals surface area contributed by atoms with Gasteiger partial charge in [-0.2, -0.15) is 0 Å². The molecule has 1 aliphatic heterocycles. The quantitative estimate of drug-likeness (QED) is 0.846. The molecule has 6 heteroatoms. The van der Waals surface area contributed by atoms with Crippen molar-refractivity contribution in [3.05, 3.63) is 40.4 Å². The molecule has 0 spiro atoms. The van der Waals surface area contributed by atoms with E-state index in [0.29, 0.717) is 18.5 Å². The minimum Gasteiger partial charge on any atom is -0.355 e. The Hall–Kier alpha value is -2.21. The van der Waals surface area contributed by atoms with Crippen molar-refractivity contribution in [2.45, 2.75) is 40.2 Å². The highest BCUT2D eigenvalue weighted by Gasteiger charge is 2.21. The van der Waals surface area contributed by atoms with Gasteiger partial charge >= 0.3 is 0 Å². The van der Waals surface area contributed by atoms with Gasteiger partial charge in [0.15, 0.2) is 0 Å². The fourth-order valence-corrected chi connectivity index (χ4v) is 4.14. The van der Waals surface area contributed by atoms with E-state index in [1.165, 1.54) is 11.0 Å². The van der Waals surface area contributed by atoms with E-state index in [1.54, 1.807) is 12.4 Å². The molecular weight excluding hydrogens is 340 g/mol. The smallest absolute Gasteiger partial charge is 0.261 e. The van der Waals surface area contributed by atoms with Crippen LogP contribution in [-0.2, 0) is 11.3 Å². The van der Waals surface area contributed by atoms with Crippen molar-refractivity contribution < 1.29 is 4.79 Å². The summed E-state index contributed by atoms with van der Waals surface area (Å²) in [4.78, 5) is 31.5. The second-order valence-electron chi connectivity index (χ2n) is 8.02. The Morgan fingerprint density at radius 3 is 2.70 bits per heavy atom. The first-order valence-corrected chi connectivity index (χ1v) is 9.88. The topological polar surface area (TPSA) is 67.2 Å². The molecule has 1 aromatic carbocycles. The Balaban J connectivity index is 1.49. The fraction of sp³-hybridized carbons (Fsp3) is 0.571. The average Bonchev–Trinajstić information content (AvgIpc) is 2.61. The van der Waals surface area contributed by atoms with E-state index in [9.17, 15) is 9.59 Å². The van der Waals surface area contributed by atoms with Crippen LogP contribution in [-0.4, -0.2) is 46.5 Å². The number of hydrogen-bond donors (Lipinski definition) is 1. The standard InChI is InChI=1S/C21H30N4O2/c1-15-11-16(2)13-24(12-15)10-8-22-19(26)7-9-25-14-23-20-17(3)5-4-6-18(20)21(25)27/h4-6,14-16H,7-13H2,1-3H3,(H,22,26). The molecule has 0 saturated carbocycles. The third-order valence-electron chi connectivity index (χ3n) is 5.33. The predicted molar refractivity (Wildman–Crippen MR) is 108 cm³/mol. The summed E-state index contributed by atoms with van der Waals surface area (Å²) in [6.07, 6.45) is 3.12. The molecule has 1 aromatic heterocycles. The number of para-hydroxylation sites is 1. The summed E-state index contributed by atoms with van der Waals surface area (Å²) >= 11 is 0. The maximum absolute atomic E-state index is 12.6. The number of carbonyl (C=O) groups is 1. The van der Waals surface area contributed by atoms with Gasteiger partial charge < -0.3 is 10.2 Å². The summed E-state index contributed by atoms with van der Waals surface area (Å²) in [7, 11) is 0. The lowest BCUT2D eigenvalue weighted by Gasteiger charge is -2.34. The van der Waals surface area contributed by atoms with Crippen molar-refractivity contribution in [3.63, 3.8) is 0 Å². The van der Waals surface area contributed by atoms with Crippen LogP contribution < -0.4 is 10.9 Å². The van der Waals surface area contributed by atoms with Gasteiger partial charge in [0.1, 0.15) is 0 Å². The molecule has 27 heavy (non-hydrogen) atoms. The predicted octanol–water partition coefficient (Wildman–Crippen LogP) is 2.19. The van der Waals surface area contributed by atoms with Gasteiger partial charge in [0.25, 0.3) is 5.56 Å². The molecule has 1 fully saturated rings. The van der Waals surface area contributed by atoms with E-state index < -0.39 is 0 Å². The summed E-state index contributed by atoms with van der Waals surface area (Å²) in [6.45, 7) is 10.6. The highest BCUT2D eigenvalue weighted by molar-refractivity contribution is 5.80. The van der Waals surface area contributed by atoms with Crippen LogP contribution in [0.5, 0.6) is 0 Å². The number of piperidine rings is 1. The average molecular weight is 370 g/mol. The van der Waals surface area contributed by atoms with Gasteiger partial charge in [0.05, 0.1) is 17.2 Å². The molecule has 1 saturated heterocycles. The number of nitrogens with zero attached hydrogens (tertiary/aromatic N) is 3. The Bertz CT molecular complexity index is 851. The van der Waals surface area contributed by atoms with Crippen LogP contribution in [0.15, 0.2) is 29.3 Å². The number of aryl methyl sites for hydroxylation is 2. The Morgan fingerprint density at radius 2 is 1.96 bits per heavy atom.